The van der Waals surface area contributed by atoms with Crippen LogP contribution in [-0.2, 0) is 16.1 Å². The highest BCUT2D eigenvalue weighted by atomic mass is 16.6. The van der Waals surface area contributed by atoms with Crippen LogP contribution in [0.25, 0.3) is 0 Å². The van der Waals surface area contributed by atoms with Gasteiger partial charge in [0.2, 0.25) is 0 Å². The zero-order valence-corrected chi connectivity index (χ0v) is 12.1. The minimum Gasteiger partial charge on any atom is -0.399 e. The monoisotopic (exact) mass is 278 g/mol. The summed E-state index contributed by atoms with van der Waals surface area (Å²) < 4.78 is 5.27. The lowest BCUT2D eigenvalue weighted by atomic mass is 9.87. The van der Waals surface area contributed by atoms with Crippen LogP contribution >= 0.6 is 0 Å². The van der Waals surface area contributed by atoms with Crippen molar-refractivity contribution in [3.63, 3.8) is 0 Å². The van der Waals surface area contributed by atoms with Crippen molar-refractivity contribution in [3.05, 3.63) is 35.9 Å². The normalized spacial score (nSPS) is 25.2. The molecule has 0 amide bonds. The van der Waals surface area contributed by atoms with Gasteiger partial charge in [-0.15, -0.1) is 0 Å². The number of aliphatic hydroxyl groups excluding tert-OH is 1. The molecule has 0 radical (unpaired) electrons. The first-order valence-corrected chi connectivity index (χ1v) is 6.70. The van der Waals surface area contributed by atoms with E-state index in [9.17, 15) is 5.11 Å². The van der Waals surface area contributed by atoms with Crippen LogP contribution in [0.4, 0.5) is 0 Å². The standard InChI is InChI=1S/C15H22N2O3/c1-19-12-15(11-18)10-17(9-14(15)16-20-2)8-13-6-4-3-5-7-13/h3-7,18H,8-12H2,1-2H3/b16-14+. The molecule has 1 aromatic rings. The first kappa shape index (κ1) is 15.0. The van der Waals surface area contributed by atoms with Crippen LogP contribution < -0.4 is 0 Å². The van der Waals surface area contributed by atoms with Gasteiger partial charge < -0.3 is 14.7 Å². The Morgan fingerprint density at radius 3 is 2.65 bits per heavy atom. The minimum absolute atomic E-state index is 0.00826. The van der Waals surface area contributed by atoms with E-state index >= 15 is 0 Å². The molecule has 1 aliphatic heterocycles. The van der Waals surface area contributed by atoms with Gasteiger partial charge in [-0.3, -0.25) is 4.90 Å². The summed E-state index contributed by atoms with van der Waals surface area (Å²) in [4.78, 5) is 7.17. The van der Waals surface area contributed by atoms with Gasteiger partial charge in [0, 0.05) is 26.7 Å². The van der Waals surface area contributed by atoms with Gasteiger partial charge >= 0.3 is 0 Å². The first-order valence-electron chi connectivity index (χ1n) is 6.70. The number of rotatable bonds is 6. The second kappa shape index (κ2) is 6.83. The Balaban J connectivity index is 2.13. The second-order valence-electron chi connectivity index (χ2n) is 5.22. The molecule has 1 aromatic carbocycles. The van der Waals surface area contributed by atoms with E-state index in [4.69, 9.17) is 9.57 Å². The van der Waals surface area contributed by atoms with Crippen molar-refractivity contribution >= 4 is 5.71 Å². The van der Waals surface area contributed by atoms with E-state index in [1.807, 2.05) is 18.2 Å². The van der Waals surface area contributed by atoms with Crippen molar-refractivity contribution in [2.24, 2.45) is 10.6 Å². The highest BCUT2D eigenvalue weighted by Crippen LogP contribution is 2.29. The Bertz CT molecular complexity index is 450. The van der Waals surface area contributed by atoms with Gasteiger partial charge in [-0.05, 0) is 5.56 Å². The predicted molar refractivity (Wildman–Crippen MR) is 77.6 cm³/mol. The number of likely N-dealkylation sites (tertiary alicyclic amines) is 1. The summed E-state index contributed by atoms with van der Waals surface area (Å²) in [5.74, 6) is 0. The Morgan fingerprint density at radius 1 is 1.30 bits per heavy atom. The maximum Gasteiger partial charge on any atom is 0.106 e. The van der Waals surface area contributed by atoms with Gasteiger partial charge in [-0.25, -0.2) is 0 Å². The zero-order valence-electron chi connectivity index (χ0n) is 12.1. The summed E-state index contributed by atoms with van der Waals surface area (Å²) in [6, 6.07) is 10.3. The smallest absolute Gasteiger partial charge is 0.106 e. The van der Waals surface area contributed by atoms with Crippen molar-refractivity contribution < 1.29 is 14.7 Å². The summed E-state index contributed by atoms with van der Waals surface area (Å²) in [6.45, 7) is 2.68. The molecule has 1 N–H and O–H groups in total. The average molecular weight is 278 g/mol. The lowest BCUT2D eigenvalue weighted by Crippen LogP contribution is -2.39. The fourth-order valence-corrected chi connectivity index (χ4v) is 2.74. The zero-order chi connectivity index (χ0) is 14.4. The maximum absolute atomic E-state index is 9.79. The average Bonchev–Trinajstić information content (AvgIpc) is 2.79. The molecule has 0 aromatic heterocycles. The SMILES string of the molecule is COCC1(CO)CN(Cc2ccccc2)C/C1=N\OC. The van der Waals surface area contributed by atoms with Crippen molar-refractivity contribution in [1.29, 1.82) is 0 Å². The van der Waals surface area contributed by atoms with E-state index in [-0.39, 0.29) is 6.61 Å². The highest BCUT2D eigenvalue weighted by molar-refractivity contribution is 5.94. The van der Waals surface area contributed by atoms with E-state index in [1.165, 1.54) is 12.7 Å². The summed E-state index contributed by atoms with van der Waals surface area (Å²) in [6.07, 6.45) is 0. The Hall–Kier alpha value is -1.43. The summed E-state index contributed by atoms with van der Waals surface area (Å²) in [7, 11) is 3.17. The third kappa shape index (κ3) is 3.17. The van der Waals surface area contributed by atoms with Crippen molar-refractivity contribution in [2.45, 2.75) is 6.54 Å². The fourth-order valence-electron chi connectivity index (χ4n) is 2.74. The molecule has 0 saturated carbocycles. The van der Waals surface area contributed by atoms with Gasteiger partial charge in [0.05, 0.1) is 24.3 Å². The van der Waals surface area contributed by atoms with Gasteiger partial charge in [-0.1, -0.05) is 35.5 Å². The van der Waals surface area contributed by atoms with Crippen molar-refractivity contribution in [2.75, 3.05) is 40.5 Å². The van der Waals surface area contributed by atoms with Gasteiger partial charge in [0.1, 0.15) is 7.11 Å². The molecular formula is C15H22N2O3. The molecule has 1 unspecified atom stereocenters. The number of ether oxygens (including phenoxy) is 1. The third-order valence-electron chi connectivity index (χ3n) is 3.69. The molecule has 0 aliphatic carbocycles. The fraction of sp³-hybridized carbons (Fsp3) is 0.533. The third-order valence-corrected chi connectivity index (χ3v) is 3.69. The van der Waals surface area contributed by atoms with Gasteiger partial charge in [-0.2, -0.15) is 0 Å². The van der Waals surface area contributed by atoms with Crippen LogP contribution in [0.15, 0.2) is 35.5 Å². The Morgan fingerprint density at radius 2 is 2.05 bits per heavy atom. The number of aliphatic hydroxyl groups is 1. The van der Waals surface area contributed by atoms with E-state index in [2.05, 4.69) is 22.2 Å². The van der Waals surface area contributed by atoms with Crippen LogP contribution in [0.5, 0.6) is 0 Å². The maximum atomic E-state index is 9.79. The predicted octanol–water partition coefficient (Wildman–Crippen LogP) is 1.13. The van der Waals surface area contributed by atoms with E-state index in [0.717, 1.165) is 12.3 Å². The lowest BCUT2D eigenvalue weighted by molar-refractivity contribution is 0.0643. The topological polar surface area (TPSA) is 54.3 Å². The molecule has 1 heterocycles. The molecule has 110 valence electrons. The number of benzene rings is 1. The largest absolute Gasteiger partial charge is 0.399 e. The highest BCUT2D eigenvalue weighted by Gasteiger charge is 2.44. The van der Waals surface area contributed by atoms with Crippen LogP contribution in [0.2, 0.25) is 0 Å². The molecule has 5 nitrogen and oxygen atoms in total. The minimum atomic E-state index is -0.459. The molecule has 0 bridgehead atoms. The summed E-state index contributed by atoms with van der Waals surface area (Å²) in [5, 5.41) is 13.9. The Labute approximate surface area is 119 Å². The first-order chi connectivity index (χ1) is 9.74. The van der Waals surface area contributed by atoms with Crippen molar-refractivity contribution in [1.82, 2.24) is 4.90 Å². The lowest BCUT2D eigenvalue weighted by Gasteiger charge is -2.26. The molecule has 0 spiro atoms. The summed E-state index contributed by atoms with van der Waals surface area (Å²) in [5.41, 5.74) is 1.63. The van der Waals surface area contributed by atoms with Crippen LogP contribution in [0, 0.1) is 5.41 Å². The molecule has 1 atom stereocenters. The molecule has 20 heavy (non-hydrogen) atoms. The van der Waals surface area contributed by atoms with E-state index in [1.54, 1.807) is 7.11 Å². The number of hydrogen-bond acceptors (Lipinski definition) is 5. The second-order valence-corrected chi connectivity index (χ2v) is 5.22. The molecule has 1 fully saturated rings. The molecule has 1 aliphatic rings. The molecule has 2 rings (SSSR count). The van der Waals surface area contributed by atoms with Crippen LogP contribution in [-0.4, -0.2) is 56.2 Å². The number of nitrogens with zero attached hydrogens (tertiary/aromatic N) is 2. The Kier molecular flexibility index (Phi) is 5.11. The molecule has 5 heteroatoms. The van der Waals surface area contributed by atoms with E-state index in [0.29, 0.717) is 19.7 Å². The summed E-state index contributed by atoms with van der Waals surface area (Å²) >= 11 is 0. The van der Waals surface area contributed by atoms with Crippen molar-refractivity contribution in [3.8, 4) is 0 Å². The number of methoxy groups -OCH3 is 1. The van der Waals surface area contributed by atoms with Gasteiger partial charge in [0.25, 0.3) is 0 Å². The molecule has 1 saturated heterocycles. The number of hydrogen-bond donors (Lipinski definition) is 1. The van der Waals surface area contributed by atoms with Crippen LogP contribution in [0.1, 0.15) is 5.56 Å². The van der Waals surface area contributed by atoms with Gasteiger partial charge in [0.15, 0.2) is 0 Å². The number of oxime groups is 1. The van der Waals surface area contributed by atoms with Crippen LogP contribution in [0.3, 0.4) is 0 Å². The van der Waals surface area contributed by atoms with E-state index < -0.39 is 5.41 Å². The molecular weight excluding hydrogens is 256 g/mol. The quantitative estimate of drug-likeness (QED) is 0.793.